The molecule has 0 heterocycles. The molecule has 6 nitrogen and oxygen atoms in total. The number of carboxylic acids is 1. The molecular formula is C15H19NO5. The van der Waals surface area contributed by atoms with Crippen molar-refractivity contribution in [2.24, 2.45) is 5.92 Å². The Kier molecular flexibility index (Phi) is 4.77. The third-order valence-electron chi connectivity index (χ3n) is 4.08. The van der Waals surface area contributed by atoms with Crippen LogP contribution in [0.25, 0.3) is 0 Å². The van der Waals surface area contributed by atoms with Gasteiger partial charge in [-0.1, -0.05) is 19.4 Å². The lowest BCUT2D eigenvalue weighted by atomic mass is 9.86. The van der Waals surface area contributed by atoms with E-state index in [1.165, 1.54) is 18.2 Å². The maximum absolute atomic E-state index is 11.2. The molecule has 0 amide bonds. The lowest BCUT2D eigenvalue weighted by molar-refractivity contribution is -0.386. The van der Waals surface area contributed by atoms with Crippen molar-refractivity contribution in [2.75, 3.05) is 0 Å². The Hall–Kier alpha value is -2.11. The number of para-hydroxylation sites is 1. The first-order valence-corrected chi connectivity index (χ1v) is 7.20. The Morgan fingerprint density at radius 3 is 2.57 bits per heavy atom. The molecule has 1 N–H and O–H groups in total. The van der Waals surface area contributed by atoms with Crippen molar-refractivity contribution >= 4 is 11.7 Å². The van der Waals surface area contributed by atoms with Gasteiger partial charge in [-0.2, -0.15) is 0 Å². The summed E-state index contributed by atoms with van der Waals surface area (Å²) in [7, 11) is 0. The maximum atomic E-state index is 11.2. The number of carbonyl (C=O) groups is 1. The highest BCUT2D eigenvalue weighted by molar-refractivity contribution is 5.92. The van der Waals surface area contributed by atoms with Crippen LogP contribution in [0.5, 0.6) is 5.75 Å². The molecule has 1 aromatic carbocycles. The van der Waals surface area contributed by atoms with Crippen LogP contribution in [-0.4, -0.2) is 22.1 Å². The Morgan fingerprint density at radius 1 is 1.38 bits per heavy atom. The number of nitro benzene ring substituents is 1. The van der Waals surface area contributed by atoms with Gasteiger partial charge >= 0.3 is 11.7 Å². The highest BCUT2D eigenvalue weighted by atomic mass is 16.6. The van der Waals surface area contributed by atoms with E-state index in [1.807, 2.05) is 0 Å². The molecule has 0 aliphatic heterocycles. The Balaban J connectivity index is 2.22. The molecule has 114 valence electrons. The van der Waals surface area contributed by atoms with Gasteiger partial charge in [-0.15, -0.1) is 0 Å². The van der Waals surface area contributed by atoms with Gasteiger partial charge in [0.25, 0.3) is 0 Å². The smallest absolute Gasteiger partial charge is 0.339 e. The number of nitro groups is 1. The molecule has 0 saturated heterocycles. The summed E-state index contributed by atoms with van der Waals surface area (Å²) in [6, 6.07) is 3.98. The topological polar surface area (TPSA) is 89.7 Å². The monoisotopic (exact) mass is 293 g/mol. The Morgan fingerprint density at radius 2 is 2.05 bits per heavy atom. The first-order valence-electron chi connectivity index (χ1n) is 7.20. The number of rotatable bonds is 5. The van der Waals surface area contributed by atoms with E-state index in [0.29, 0.717) is 5.92 Å². The molecule has 1 saturated carbocycles. The molecule has 6 heteroatoms. The zero-order chi connectivity index (χ0) is 15.4. The highest BCUT2D eigenvalue weighted by Crippen LogP contribution is 2.35. The Labute approximate surface area is 122 Å². The quantitative estimate of drug-likeness (QED) is 0.661. The van der Waals surface area contributed by atoms with Crippen molar-refractivity contribution in [3.05, 3.63) is 33.9 Å². The van der Waals surface area contributed by atoms with Gasteiger partial charge in [0.2, 0.25) is 5.75 Å². The van der Waals surface area contributed by atoms with Crippen LogP contribution in [0.1, 0.15) is 49.4 Å². The minimum Gasteiger partial charge on any atom is -0.483 e. The van der Waals surface area contributed by atoms with Gasteiger partial charge in [0.05, 0.1) is 11.0 Å². The molecule has 0 atom stereocenters. The van der Waals surface area contributed by atoms with Crippen molar-refractivity contribution in [1.29, 1.82) is 0 Å². The SMILES string of the molecule is CCC1CCC(Oc2c(C(=O)O)cccc2[N+](=O)[O-])CC1. The van der Waals surface area contributed by atoms with E-state index in [-0.39, 0.29) is 23.1 Å². The molecule has 21 heavy (non-hydrogen) atoms. The van der Waals surface area contributed by atoms with Crippen LogP contribution in [0.2, 0.25) is 0 Å². The number of carboxylic acid groups (broad SMARTS) is 1. The fourth-order valence-electron chi connectivity index (χ4n) is 2.79. The molecular weight excluding hydrogens is 274 g/mol. The summed E-state index contributed by atoms with van der Waals surface area (Å²) in [5.41, 5.74) is -0.436. The van der Waals surface area contributed by atoms with Crippen LogP contribution in [0.15, 0.2) is 18.2 Å². The van der Waals surface area contributed by atoms with Crippen LogP contribution in [0.4, 0.5) is 5.69 Å². The zero-order valence-corrected chi connectivity index (χ0v) is 11.9. The van der Waals surface area contributed by atoms with E-state index in [9.17, 15) is 20.0 Å². The summed E-state index contributed by atoms with van der Waals surface area (Å²) in [5, 5.41) is 20.2. The van der Waals surface area contributed by atoms with Gasteiger partial charge in [0, 0.05) is 6.07 Å². The predicted octanol–water partition coefficient (Wildman–Crippen LogP) is 3.64. The van der Waals surface area contributed by atoms with E-state index in [2.05, 4.69) is 6.92 Å². The number of hydrogen-bond donors (Lipinski definition) is 1. The van der Waals surface area contributed by atoms with Gasteiger partial charge in [-0.3, -0.25) is 10.1 Å². The second-order valence-electron chi connectivity index (χ2n) is 5.38. The molecule has 0 bridgehead atoms. The van der Waals surface area contributed by atoms with Crippen molar-refractivity contribution in [1.82, 2.24) is 0 Å². The second-order valence-corrected chi connectivity index (χ2v) is 5.38. The minimum atomic E-state index is -1.21. The standard InChI is InChI=1S/C15H19NO5/c1-2-10-6-8-11(9-7-10)21-14-12(15(17)18)4-3-5-13(14)16(19)20/h3-5,10-11H,2,6-9H2,1H3,(H,17,18). The summed E-state index contributed by atoms with van der Waals surface area (Å²) in [4.78, 5) is 21.7. The first kappa shape index (κ1) is 15.3. The fraction of sp³-hybridized carbons (Fsp3) is 0.533. The summed E-state index contributed by atoms with van der Waals surface area (Å²) in [5.74, 6) is -0.652. The predicted molar refractivity (Wildman–Crippen MR) is 76.7 cm³/mol. The second kappa shape index (κ2) is 6.56. The number of aromatic carboxylic acids is 1. The number of hydrogen-bond acceptors (Lipinski definition) is 4. The molecule has 0 aromatic heterocycles. The number of benzene rings is 1. The molecule has 1 aliphatic carbocycles. The van der Waals surface area contributed by atoms with Crippen LogP contribution in [0, 0.1) is 16.0 Å². The summed E-state index contributed by atoms with van der Waals surface area (Å²) >= 11 is 0. The molecule has 0 radical (unpaired) electrons. The van der Waals surface area contributed by atoms with Gasteiger partial charge in [0.1, 0.15) is 5.56 Å². The van der Waals surface area contributed by atoms with Gasteiger partial charge in [-0.25, -0.2) is 4.79 Å². The van der Waals surface area contributed by atoms with Gasteiger partial charge in [-0.05, 0) is 37.7 Å². The van der Waals surface area contributed by atoms with Crippen LogP contribution in [-0.2, 0) is 0 Å². The Bertz CT molecular complexity index is 503. The fourth-order valence-corrected chi connectivity index (χ4v) is 2.79. The molecule has 0 unspecified atom stereocenters. The van der Waals surface area contributed by atoms with Crippen LogP contribution < -0.4 is 4.74 Å². The molecule has 1 aliphatic rings. The third kappa shape index (κ3) is 3.51. The molecule has 1 fully saturated rings. The van der Waals surface area contributed by atoms with Crippen LogP contribution >= 0.6 is 0 Å². The lowest BCUT2D eigenvalue weighted by Gasteiger charge is -2.28. The highest BCUT2D eigenvalue weighted by Gasteiger charge is 2.28. The van der Waals surface area contributed by atoms with E-state index in [4.69, 9.17) is 4.74 Å². The molecule has 0 spiro atoms. The van der Waals surface area contributed by atoms with Crippen LogP contribution in [0.3, 0.4) is 0 Å². The third-order valence-corrected chi connectivity index (χ3v) is 4.08. The largest absolute Gasteiger partial charge is 0.483 e. The summed E-state index contributed by atoms with van der Waals surface area (Å²) in [6.45, 7) is 2.15. The van der Waals surface area contributed by atoms with E-state index < -0.39 is 10.9 Å². The van der Waals surface area contributed by atoms with Crippen molar-refractivity contribution in [2.45, 2.75) is 45.1 Å². The summed E-state index contributed by atoms with van der Waals surface area (Å²) in [6.07, 6.45) is 4.63. The van der Waals surface area contributed by atoms with Crippen molar-refractivity contribution in [3.8, 4) is 5.75 Å². The minimum absolute atomic E-state index is 0.116. The van der Waals surface area contributed by atoms with E-state index in [0.717, 1.165) is 32.1 Å². The lowest BCUT2D eigenvalue weighted by Crippen LogP contribution is -2.25. The normalized spacial score (nSPS) is 21.8. The number of ether oxygens (including phenoxy) is 1. The number of nitrogens with zero attached hydrogens (tertiary/aromatic N) is 1. The first-order chi connectivity index (χ1) is 10.0. The summed E-state index contributed by atoms with van der Waals surface area (Å²) < 4.78 is 5.71. The van der Waals surface area contributed by atoms with Crippen molar-refractivity contribution in [3.63, 3.8) is 0 Å². The average molecular weight is 293 g/mol. The van der Waals surface area contributed by atoms with E-state index in [1.54, 1.807) is 0 Å². The van der Waals surface area contributed by atoms with E-state index >= 15 is 0 Å². The van der Waals surface area contributed by atoms with Gasteiger partial charge < -0.3 is 9.84 Å². The average Bonchev–Trinajstić information content (AvgIpc) is 2.47. The van der Waals surface area contributed by atoms with Crippen molar-refractivity contribution < 1.29 is 19.6 Å². The zero-order valence-electron chi connectivity index (χ0n) is 11.9. The van der Waals surface area contributed by atoms with Gasteiger partial charge in [0.15, 0.2) is 0 Å². The molecule has 2 rings (SSSR count). The molecule has 1 aromatic rings. The maximum Gasteiger partial charge on any atom is 0.339 e.